The molecule has 8 heteroatoms. The van der Waals surface area contributed by atoms with Crippen LogP contribution in [-0.2, 0) is 11.2 Å². The predicted molar refractivity (Wildman–Crippen MR) is 86.1 cm³/mol. The summed E-state index contributed by atoms with van der Waals surface area (Å²) < 4.78 is 5.54. The number of carbonyl (C=O) groups is 1. The number of thiazole rings is 1. The molecule has 0 aromatic carbocycles. The molecule has 3 aromatic rings. The van der Waals surface area contributed by atoms with Gasteiger partial charge in [-0.1, -0.05) is 0 Å². The Morgan fingerprint density at radius 3 is 2.91 bits per heavy atom. The van der Waals surface area contributed by atoms with Crippen molar-refractivity contribution in [2.45, 2.75) is 26.7 Å². The summed E-state index contributed by atoms with van der Waals surface area (Å²) in [7, 11) is 0. The van der Waals surface area contributed by atoms with E-state index in [1.165, 1.54) is 11.3 Å². The first-order chi connectivity index (χ1) is 10.6. The van der Waals surface area contributed by atoms with E-state index in [0.717, 1.165) is 16.1 Å². The molecule has 22 heavy (non-hydrogen) atoms. The maximum Gasteiger partial charge on any atom is 0.248 e. The molecule has 1 amide bonds. The highest BCUT2D eigenvalue weighted by atomic mass is 32.1. The Morgan fingerprint density at radius 2 is 2.23 bits per heavy atom. The van der Waals surface area contributed by atoms with Gasteiger partial charge in [0.05, 0.1) is 5.69 Å². The van der Waals surface area contributed by atoms with Gasteiger partial charge in [0, 0.05) is 28.7 Å². The molecule has 3 rings (SSSR count). The molecule has 0 aliphatic rings. The van der Waals surface area contributed by atoms with Crippen molar-refractivity contribution in [2.24, 2.45) is 0 Å². The highest BCUT2D eigenvalue weighted by molar-refractivity contribution is 7.15. The zero-order valence-electron chi connectivity index (χ0n) is 12.1. The molecule has 0 spiro atoms. The van der Waals surface area contributed by atoms with Gasteiger partial charge < -0.3 is 9.73 Å². The van der Waals surface area contributed by atoms with E-state index in [-0.39, 0.29) is 12.3 Å². The number of aromatic nitrogens is 3. The molecule has 0 saturated heterocycles. The van der Waals surface area contributed by atoms with Crippen LogP contribution in [0.15, 0.2) is 21.2 Å². The van der Waals surface area contributed by atoms with Gasteiger partial charge in [-0.3, -0.25) is 4.79 Å². The van der Waals surface area contributed by atoms with Crippen LogP contribution in [0.3, 0.4) is 0 Å². The maximum absolute atomic E-state index is 11.9. The first-order valence-corrected chi connectivity index (χ1v) is 8.46. The van der Waals surface area contributed by atoms with E-state index in [2.05, 4.69) is 20.5 Å². The van der Waals surface area contributed by atoms with Gasteiger partial charge in [-0.15, -0.1) is 21.5 Å². The monoisotopic (exact) mass is 334 g/mol. The fraction of sp³-hybridized carbons (Fsp3) is 0.286. The van der Waals surface area contributed by atoms with Crippen LogP contribution < -0.4 is 5.32 Å². The summed E-state index contributed by atoms with van der Waals surface area (Å²) in [6.45, 7) is 3.90. The first-order valence-electron chi connectivity index (χ1n) is 6.70. The quantitative estimate of drug-likeness (QED) is 0.773. The molecule has 0 atom stereocenters. The summed E-state index contributed by atoms with van der Waals surface area (Å²) in [5, 5.41) is 15.3. The van der Waals surface area contributed by atoms with Gasteiger partial charge in [0.15, 0.2) is 5.13 Å². The largest absolute Gasteiger partial charge is 0.421 e. The van der Waals surface area contributed by atoms with Crippen molar-refractivity contribution in [1.29, 1.82) is 0 Å². The lowest BCUT2D eigenvalue weighted by atomic mass is 10.3. The molecule has 0 saturated carbocycles. The maximum atomic E-state index is 11.9. The number of nitrogens with one attached hydrogen (secondary N) is 1. The molecule has 0 bridgehead atoms. The lowest BCUT2D eigenvalue weighted by Crippen LogP contribution is -2.12. The smallest absolute Gasteiger partial charge is 0.248 e. The van der Waals surface area contributed by atoms with E-state index in [4.69, 9.17) is 4.42 Å². The molecule has 0 aliphatic carbocycles. The van der Waals surface area contributed by atoms with Crippen LogP contribution in [0.2, 0.25) is 0 Å². The topological polar surface area (TPSA) is 80.9 Å². The molecule has 0 unspecified atom stereocenters. The summed E-state index contributed by atoms with van der Waals surface area (Å²) in [5.74, 6) is 0.842. The molecule has 6 nitrogen and oxygen atoms in total. The number of rotatable bonds is 5. The average molecular weight is 334 g/mol. The van der Waals surface area contributed by atoms with Crippen LogP contribution in [-0.4, -0.2) is 21.1 Å². The lowest BCUT2D eigenvalue weighted by molar-refractivity contribution is -0.116. The van der Waals surface area contributed by atoms with E-state index in [9.17, 15) is 4.79 Å². The van der Waals surface area contributed by atoms with Gasteiger partial charge in [-0.2, -0.15) is 11.3 Å². The van der Waals surface area contributed by atoms with Crippen LogP contribution in [0, 0.1) is 13.8 Å². The van der Waals surface area contributed by atoms with Gasteiger partial charge in [0.25, 0.3) is 0 Å². The summed E-state index contributed by atoms with van der Waals surface area (Å²) in [4.78, 5) is 17.3. The van der Waals surface area contributed by atoms with Gasteiger partial charge in [0.2, 0.25) is 17.7 Å². The zero-order valence-corrected chi connectivity index (χ0v) is 13.8. The Kier molecular flexibility index (Phi) is 4.30. The molecule has 0 radical (unpaired) electrons. The molecule has 114 valence electrons. The predicted octanol–water partition coefficient (Wildman–Crippen LogP) is 3.44. The van der Waals surface area contributed by atoms with Crippen LogP contribution in [0.5, 0.6) is 0 Å². The molecule has 3 heterocycles. The normalized spacial score (nSPS) is 10.8. The Bertz CT molecular complexity index is 757. The fourth-order valence-corrected chi connectivity index (χ4v) is 3.25. The van der Waals surface area contributed by atoms with Crippen molar-refractivity contribution in [3.8, 4) is 11.5 Å². The number of hydrogen-bond donors (Lipinski definition) is 1. The van der Waals surface area contributed by atoms with Crippen molar-refractivity contribution >= 4 is 33.7 Å². The summed E-state index contributed by atoms with van der Waals surface area (Å²) in [6, 6.07) is 1.92. The molecule has 0 aliphatic heterocycles. The molecule has 1 N–H and O–H groups in total. The zero-order chi connectivity index (χ0) is 15.5. The molecular weight excluding hydrogens is 320 g/mol. The number of thiophene rings is 1. The second kappa shape index (κ2) is 6.37. The number of amides is 1. The third-order valence-corrected chi connectivity index (χ3v) is 4.75. The number of nitrogens with zero attached hydrogens (tertiary/aromatic N) is 3. The molecule has 0 fully saturated rings. The van der Waals surface area contributed by atoms with E-state index in [1.807, 2.05) is 30.7 Å². The molecular formula is C14H14N4O2S2. The Morgan fingerprint density at radius 1 is 1.36 bits per heavy atom. The SMILES string of the molecule is Cc1nc(NC(=O)CCc2nnc(-c3ccsc3)o2)sc1C. The highest BCUT2D eigenvalue weighted by Gasteiger charge is 2.12. The second-order valence-corrected chi connectivity index (χ2v) is 6.70. The van der Waals surface area contributed by atoms with Gasteiger partial charge >= 0.3 is 0 Å². The van der Waals surface area contributed by atoms with Crippen molar-refractivity contribution < 1.29 is 9.21 Å². The Labute approximate surface area is 135 Å². The van der Waals surface area contributed by atoms with Crippen molar-refractivity contribution in [1.82, 2.24) is 15.2 Å². The summed E-state index contributed by atoms with van der Waals surface area (Å²) in [5.41, 5.74) is 1.85. The van der Waals surface area contributed by atoms with E-state index < -0.39 is 0 Å². The van der Waals surface area contributed by atoms with Crippen molar-refractivity contribution in [3.63, 3.8) is 0 Å². The number of anilines is 1. The van der Waals surface area contributed by atoms with Crippen molar-refractivity contribution in [2.75, 3.05) is 5.32 Å². The Balaban J connectivity index is 1.55. The third kappa shape index (κ3) is 3.40. The standard InChI is InChI=1S/C14H14N4O2S2/c1-8-9(2)22-14(15-8)16-11(19)3-4-12-17-18-13(20-12)10-5-6-21-7-10/h5-7H,3-4H2,1-2H3,(H,15,16,19). The van der Waals surface area contributed by atoms with Crippen molar-refractivity contribution in [3.05, 3.63) is 33.3 Å². The molecule has 3 aromatic heterocycles. The highest BCUT2D eigenvalue weighted by Crippen LogP contribution is 2.22. The Hall–Kier alpha value is -2.06. The fourth-order valence-electron chi connectivity index (χ4n) is 1.79. The van der Waals surface area contributed by atoms with Gasteiger partial charge in [0.1, 0.15) is 0 Å². The van der Waals surface area contributed by atoms with E-state index >= 15 is 0 Å². The number of carbonyl (C=O) groups excluding carboxylic acids is 1. The van der Waals surface area contributed by atoms with E-state index in [1.54, 1.807) is 11.3 Å². The van der Waals surface area contributed by atoms with Gasteiger partial charge in [-0.05, 0) is 25.3 Å². The second-order valence-electron chi connectivity index (χ2n) is 4.72. The first kappa shape index (κ1) is 14.9. The minimum atomic E-state index is -0.107. The van der Waals surface area contributed by atoms with Crippen LogP contribution in [0.25, 0.3) is 11.5 Å². The summed E-state index contributed by atoms with van der Waals surface area (Å²) >= 11 is 3.04. The van der Waals surface area contributed by atoms with Crippen LogP contribution in [0.4, 0.5) is 5.13 Å². The van der Waals surface area contributed by atoms with Crippen LogP contribution >= 0.6 is 22.7 Å². The lowest BCUT2D eigenvalue weighted by Gasteiger charge is -1.99. The minimum absolute atomic E-state index is 0.107. The van der Waals surface area contributed by atoms with Crippen LogP contribution in [0.1, 0.15) is 22.9 Å². The average Bonchev–Trinajstić information content (AvgIpc) is 3.19. The van der Waals surface area contributed by atoms with E-state index in [0.29, 0.717) is 23.3 Å². The minimum Gasteiger partial charge on any atom is -0.421 e. The number of aryl methyl sites for hydroxylation is 3. The third-order valence-electron chi connectivity index (χ3n) is 3.08. The van der Waals surface area contributed by atoms with Gasteiger partial charge in [-0.25, -0.2) is 4.98 Å². The number of hydrogen-bond acceptors (Lipinski definition) is 7. The summed E-state index contributed by atoms with van der Waals surface area (Å²) in [6.07, 6.45) is 0.690.